The van der Waals surface area contributed by atoms with Crippen LogP contribution < -0.4 is 5.32 Å². The van der Waals surface area contributed by atoms with E-state index >= 15 is 0 Å². The van der Waals surface area contributed by atoms with Crippen molar-refractivity contribution in [2.45, 2.75) is 6.10 Å². The zero-order valence-electron chi connectivity index (χ0n) is 9.22. The van der Waals surface area contributed by atoms with E-state index < -0.39 is 11.0 Å². The number of nitrogens with one attached hydrogen (secondary N) is 1. The lowest BCUT2D eigenvalue weighted by Gasteiger charge is -2.12. The SMILES string of the molecule is COCC(O)CNc1ccc([N+](=O)[O-])cc1I. The number of non-ortho nitro benzene ring substituents is 1. The molecule has 0 aliphatic carbocycles. The van der Waals surface area contributed by atoms with E-state index in [1.165, 1.54) is 19.2 Å². The maximum atomic E-state index is 10.5. The molecule has 0 saturated carbocycles. The molecule has 1 atom stereocenters. The molecule has 0 aliphatic rings. The van der Waals surface area contributed by atoms with Gasteiger partial charge in [-0.15, -0.1) is 0 Å². The number of hydrogen-bond acceptors (Lipinski definition) is 5. The molecule has 0 fully saturated rings. The van der Waals surface area contributed by atoms with Gasteiger partial charge in [-0.2, -0.15) is 0 Å². The first-order valence-electron chi connectivity index (χ1n) is 4.89. The number of rotatable bonds is 6. The molecule has 0 spiro atoms. The van der Waals surface area contributed by atoms with Crippen molar-refractivity contribution in [3.63, 3.8) is 0 Å². The molecule has 0 bridgehead atoms. The molecule has 17 heavy (non-hydrogen) atoms. The molecule has 2 N–H and O–H groups in total. The van der Waals surface area contributed by atoms with Crippen LogP contribution in [0.3, 0.4) is 0 Å². The van der Waals surface area contributed by atoms with Gasteiger partial charge in [-0.25, -0.2) is 0 Å². The van der Waals surface area contributed by atoms with E-state index in [2.05, 4.69) is 5.32 Å². The molecule has 0 aliphatic heterocycles. The third-order valence-corrected chi connectivity index (χ3v) is 2.94. The third kappa shape index (κ3) is 4.44. The summed E-state index contributed by atoms with van der Waals surface area (Å²) in [6.07, 6.45) is -0.606. The molecule has 0 heterocycles. The third-order valence-electron chi connectivity index (χ3n) is 2.05. The number of methoxy groups -OCH3 is 1. The number of nitrogens with zero attached hydrogens (tertiary/aromatic N) is 1. The van der Waals surface area contributed by atoms with Crippen LogP contribution in [-0.4, -0.2) is 36.4 Å². The zero-order chi connectivity index (χ0) is 12.8. The number of halogens is 1. The summed E-state index contributed by atoms with van der Waals surface area (Å²) in [7, 11) is 1.51. The van der Waals surface area contributed by atoms with Gasteiger partial charge in [-0.1, -0.05) is 0 Å². The highest BCUT2D eigenvalue weighted by Crippen LogP contribution is 2.23. The highest BCUT2D eigenvalue weighted by Gasteiger charge is 2.10. The molecule has 7 heteroatoms. The Morgan fingerprint density at radius 1 is 1.65 bits per heavy atom. The first kappa shape index (κ1) is 14.1. The number of benzene rings is 1. The Labute approximate surface area is 112 Å². The predicted octanol–water partition coefficient (Wildman–Crippen LogP) is 1.62. The second kappa shape index (κ2) is 6.72. The summed E-state index contributed by atoms with van der Waals surface area (Å²) < 4.78 is 5.53. The van der Waals surface area contributed by atoms with Crippen LogP contribution >= 0.6 is 22.6 Å². The van der Waals surface area contributed by atoms with Crippen LogP contribution in [0.4, 0.5) is 11.4 Å². The molecular weight excluding hydrogens is 339 g/mol. The topological polar surface area (TPSA) is 84.6 Å². The van der Waals surface area contributed by atoms with Crippen LogP contribution in [0.2, 0.25) is 0 Å². The molecule has 0 amide bonds. The molecule has 0 saturated heterocycles. The summed E-state index contributed by atoms with van der Waals surface area (Å²) in [5.74, 6) is 0. The number of nitro groups is 1. The van der Waals surface area contributed by atoms with Gasteiger partial charge in [0.15, 0.2) is 0 Å². The Kier molecular flexibility index (Phi) is 5.59. The Hall–Kier alpha value is -0.930. The molecule has 0 radical (unpaired) electrons. The summed E-state index contributed by atoms with van der Waals surface area (Å²) >= 11 is 2.01. The van der Waals surface area contributed by atoms with Gasteiger partial charge in [0.1, 0.15) is 0 Å². The second-order valence-corrected chi connectivity index (χ2v) is 4.57. The highest BCUT2D eigenvalue weighted by atomic mass is 127. The largest absolute Gasteiger partial charge is 0.389 e. The Bertz CT molecular complexity index is 400. The lowest BCUT2D eigenvalue weighted by atomic mass is 10.2. The van der Waals surface area contributed by atoms with E-state index in [9.17, 15) is 15.2 Å². The van der Waals surface area contributed by atoms with Crippen LogP contribution in [0.15, 0.2) is 18.2 Å². The average Bonchev–Trinajstić information content (AvgIpc) is 2.27. The number of hydrogen-bond donors (Lipinski definition) is 2. The van der Waals surface area contributed by atoms with Gasteiger partial charge < -0.3 is 15.2 Å². The molecule has 6 nitrogen and oxygen atoms in total. The van der Waals surface area contributed by atoms with Crippen molar-refractivity contribution in [1.82, 2.24) is 0 Å². The van der Waals surface area contributed by atoms with Crippen LogP contribution in [-0.2, 0) is 4.74 Å². The van der Waals surface area contributed by atoms with Crippen LogP contribution in [0.25, 0.3) is 0 Å². The van der Waals surface area contributed by atoms with Crippen molar-refractivity contribution in [3.8, 4) is 0 Å². The smallest absolute Gasteiger partial charge is 0.270 e. The minimum absolute atomic E-state index is 0.0531. The molecule has 94 valence electrons. The minimum atomic E-state index is -0.606. The van der Waals surface area contributed by atoms with E-state index in [-0.39, 0.29) is 12.3 Å². The number of anilines is 1. The number of ether oxygens (including phenoxy) is 1. The fourth-order valence-electron chi connectivity index (χ4n) is 1.24. The fraction of sp³-hybridized carbons (Fsp3) is 0.400. The van der Waals surface area contributed by atoms with Gasteiger partial charge in [-0.05, 0) is 28.7 Å². The normalized spacial score (nSPS) is 12.2. The summed E-state index contributed by atoms with van der Waals surface area (Å²) in [4.78, 5) is 10.1. The van der Waals surface area contributed by atoms with E-state index in [4.69, 9.17) is 4.74 Å². The zero-order valence-corrected chi connectivity index (χ0v) is 11.4. The summed E-state index contributed by atoms with van der Waals surface area (Å²) in [5.41, 5.74) is 0.809. The Morgan fingerprint density at radius 2 is 2.35 bits per heavy atom. The second-order valence-electron chi connectivity index (χ2n) is 3.41. The van der Waals surface area contributed by atoms with Crippen molar-refractivity contribution in [2.75, 3.05) is 25.6 Å². The van der Waals surface area contributed by atoms with Crippen molar-refractivity contribution in [2.24, 2.45) is 0 Å². The number of aliphatic hydroxyl groups is 1. The Balaban J connectivity index is 2.63. The summed E-state index contributed by atoms with van der Waals surface area (Å²) in [6.45, 7) is 0.582. The predicted molar refractivity (Wildman–Crippen MR) is 72.2 cm³/mol. The first-order valence-corrected chi connectivity index (χ1v) is 5.97. The summed E-state index contributed by atoms with van der Waals surface area (Å²) in [5, 5.41) is 23.0. The van der Waals surface area contributed by atoms with Crippen LogP contribution in [0, 0.1) is 13.7 Å². The van der Waals surface area contributed by atoms with Gasteiger partial charge in [0.25, 0.3) is 5.69 Å². The van der Waals surface area contributed by atoms with E-state index in [1.807, 2.05) is 22.6 Å². The number of nitro benzene ring substituents is 1. The Morgan fingerprint density at radius 3 is 2.88 bits per heavy atom. The first-order chi connectivity index (χ1) is 8.04. The fourth-order valence-corrected chi connectivity index (χ4v) is 1.93. The molecule has 1 aromatic rings. The molecule has 1 aromatic carbocycles. The van der Waals surface area contributed by atoms with Crippen molar-refractivity contribution < 1.29 is 14.8 Å². The van der Waals surface area contributed by atoms with Crippen molar-refractivity contribution in [1.29, 1.82) is 0 Å². The standard InChI is InChI=1S/C10H13IN2O4/c1-17-6-8(14)5-12-10-3-2-7(13(15)16)4-9(10)11/h2-4,8,12,14H,5-6H2,1H3. The molecular formula is C10H13IN2O4. The van der Waals surface area contributed by atoms with Gasteiger partial charge >= 0.3 is 0 Å². The molecule has 0 aromatic heterocycles. The van der Waals surface area contributed by atoms with Gasteiger partial charge in [0, 0.05) is 35.0 Å². The lowest BCUT2D eigenvalue weighted by Crippen LogP contribution is -2.24. The average molecular weight is 352 g/mol. The quantitative estimate of drug-likeness (QED) is 0.462. The molecule has 1 rings (SSSR count). The van der Waals surface area contributed by atoms with E-state index in [1.54, 1.807) is 6.07 Å². The van der Waals surface area contributed by atoms with Crippen molar-refractivity contribution >= 4 is 34.0 Å². The number of aliphatic hydroxyl groups excluding tert-OH is 1. The lowest BCUT2D eigenvalue weighted by molar-refractivity contribution is -0.384. The molecule has 1 unspecified atom stereocenters. The van der Waals surface area contributed by atoms with Crippen LogP contribution in [0.5, 0.6) is 0 Å². The summed E-state index contributed by atoms with van der Waals surface area (Å²) in [6, 6.07) is 4.53. The van der Waals surface area contributed by atoms with Gasteiger partial charge in [-0.3, -0.25) is 10.1 Å². The maximum absolute atomic E-state index is 10.5. The van der Waals surface area contributed by atoms with E-state index in [0.717, 1.165) is 9.26 Å². The highest BCUT2D eigenvalue weighted by molar-refractivity contribution is 14.1. The van der Waals surface area contributed by atoms with Gasteiger partial charge in [0.2, 0.25) is 0 Å². The van der Waals surface area contributed by atoms with Gasteiger partial charge in [0.05, 0.1) is 17.6 Å². The van der Waals surface area contributed by atoms with Crippen LogP contribution in [0.1, 0.15) is 0 Å². The van der Waals surface area contributed by atoms with E-state index in [0.29, 0.717) is 6.54 Å². The van der Waals surface area contributed by atoms with Crippen molar-refractivity contribution in [3.05, 3.63) is 31.9 Å². The minimum Gasteiger partial charge on any atom is -0.389 e. The maximum Gasteiger partial charge on any atom is 0.270 e. The monoisotopic (exact) mass is 352 g/mol.